The van der Waals surface area contributed by atoms with Gasteiger partial charge in [-0.25, -0.2) is 44.9 Å². The molecule has 0 spiro atoms. The molecule has 0 radical (unpaired) electrons. The van der Waals surface area contributed by atoms with Crippen LogP contribution in [0.3, 0.4) is 0 Å². The Kier molecular flexibility index (Phi) is 18.8. The first-order chi connectivity index (χ1) is 66.2. The van der Waals surface area contributed by atoms with Gasteiger partial charge in [-0.2, -0.15) is 0 Å². The molecule has 135 heavy (non-hydrogen) atoms. The SMILES string of the molecule is CC1(C)c2ccccc2-c2ccc3c(-c4nc(-c5ccc6ccccc6c5)nc(-c5ccc6ccccc6c5)n4)cccc3c21.CC1(C)c2ccccc2-c2ccc3cc(-c4nc(-c5cccc6ccccc56)nc(-c5cc6ccccc6c6ccccc56)n4)ccc3c21.CC1(C)c2ccccc2-c2ccc3cccc(-c4nc(-c5ccccc5)nc(-c5cccc6ccccc56)n4)c3c21. The van der Waals surface area contributed by atoms with E-state index in [0.29, 0.717) is 52.4 Å². The topological polar surface area (TPSA) is 116 Å². The summed E-state index contributed by atoms with van der Waals surface area (Å²) >= 11 is 0. The number of aromatic nitrogens is 9. The van der Waals surface area contributed by atoms with Crippen LogP contribution in [0.4, 0.5) is 0 Å². The molecular formula is C126H87N9. The minimum Gasteiger partial charge on any atom is -0.208 e. The summed E-state index contributed by atoms with van der Waals surface area (Å²) in [6.07, 6.45) is 0. The molecular weight excluding hydrogens is 1640 g/mol. The summed E-state index contributed by atoms with van der Waals surface area (Å²) in [5, 5.41) is 21.2. The van der Waals surface area contributed by atoms with E-state index in [1.165, 1.54) is 115 Å². The fourth-order valence-corrected chi connectivity index (χ4v) is 22.0. The Morgan fingerprint density at radius 1 is 0.141 bits per heavy atom. The van der Waals surface area contributed by atoms with Crippen molar-refractivity contribution >= 4 is 97.0 Å². The lowest BCUT2D eigenvalue weighted by Gasteiger charge is -2.24. The smallest absolute Gasteiger partial charge is 0.164 e. The molecule has 0 unspecified atom stereocenters. The highest BCUT2D eigenvalue weighted by Gasteiger charge is 2.41. The Morgan fingerprint density at radius 3 is 0.978 bits per heavy atom. The van der Waals surface area contributed by atoms with Crippen molar-refractivity contribution in [1.29, 1.82) is 0 Å². The van der Waals surface area contributed by atoms with Crippen LogP contribution in [0.1, 0.15) is 74.9 Å². The van der Waals surface area contributed by atoms with Crippen molar-refractivity contribution in [2.45, 2.75) is 57.8 Å². The molecule has 0 aliphatic heterocycles. The Balaban J connectivity index is 0.000000108. The van der Waals surface area contributed by atoms with Crippen LogP contribution in [-0.2, 0) is 16.2 Å². The van der Waals surface area contributed by atoms with Crippen LogP contribution in [0.2, 0.25) is 0 Å². The van der Waals surface area contributed by atoms with Crippen molar-refractivity contribution in [3.63, 3.8) is 0 Å². The molecule has 0 saturated carbocycles. The largest absolute Gasteiger partial charge is 0.208 e. The van der Waals surface area contributed by atoms with E-state index in [0.717, 1.165) is 98.5 Å². The van der Waals surface area contributed by atoms with Crippen LogP contribution < -0.4 is 0 Å². The Morgan fingerprint density at radius 2 is 0.437 bits per heavy atom. The summed E-state index contributed by atoms with van der Waals surface area (Å²) in [6, 6.07) is 148. The van der Waals surface area contributed by atoms with Crippen molar-refractivity contribution in [2.24, 2.45) is 0 Å². The average molecular weight is 1730 g/mol. The third kappa shape index (κ3) is 13.4. The van der Waals surface area contributed by atoms with Crippen LogP contribution in [-0.4, -0.2) is 44.9 Å². The molecule has 0 saturated heterocycles. The van der Waals surface area contributed by atoms with E-state index < -0.39 is 0 Å². The van der Waals surface area contributed by atoms with E-state index in [1.54, 1.807) is 0 Å². The Hall–Kier alpha value is -17.0. The molecule has 27 rings (SSSR count). The first-order valence-corrected chi connectivity index (χ1v) is 46.4. The van der Waals surface area contributed by atoms with Crippen molar-refractivity contribution in [3.8, 4) is 136 Å². The van der Waals surface area contributed by atoms with Crippen molar-refractivity contribution in [3.05, 3.63) is 452 Å². The molecule has 0 fully saturated rings. The molecule has 0 amide bonds. The average Bonchev–Trinajstić information content (AvgIpc) is 1.57. The molecule has 3 aliphatic rings. The zero-order valence-corrected chi connectivity index (χ0v) is 75.4. The third-order valence-corrected chi connectivity index (χ3v) is 28.4. The quantitative estimate of drug-likeness (QED) is 0.130. The van der Waals surface area contributed by atoms with Gasteiger partial charge in [-0.05, 0) is 188 Å². The van der Waals surface area contributed by atoms with Gasteiger partial charge >= 0.3 is 0 Å². The minimum absolute atomic E-state index is 0.0913. The number of nitrogens with zero attached hydrogens (tertiary/aromatic N) is 9. The Bertz CT molecular complexity index is 8950. The fraction of sp³-hybridized carbons (Fsp3) is 0.0714. The summed E-state index contributed by atoms with van der Waals surface area (Å²) in [5.74, 6) is 6.04. The standard InChI is InChI=1S/C46H31N3.C42H29N3.C38H27N3/c1-46(2)41-21-10-9-19-37(41)38-25-22-30-26-31(23-24-34(30)42(38)46)43-47-44(39-20-11-14-28-12-3-5-15-32(28)39)49-45(48-43)40-27-29-13-4-6-16-33(29)35-17-7-8-18-36(35)40;1-42(2)37-17-8-7-14-33(37)35-23-22-32-34(38(35)42)15-9-16-36(32)41-44-39(30-20-18-26-10-3-5-12-28(26)24-30)43-40(45-41)31-21-19-27-11-4-6-13-29(27)25-31;1-38(2)32-21-9-8-18-28(32)29-23-22-25-16-11-20-31(33(25)34(29)38)37-40-35(26-13-4-3-5-14-26)39-36(41-37)30-19-10-15-24-12-6-7-17-27(24)30/h3-27H,1-2H3;3-25H,1-2H3;3-23H,1-2H3. The second-order valence-corrected chi connectivity index (χ2v) is 37.4. The van der Waals surface area contributed by atoms with E-state index in [2.05, 4.69) is 442 Å². The van der Waals surface area contributed by atoms with Crippen molar-refractivity contribution in [1.82, 2.24) is 44.9 Å². The molecule has 0 N–H and O–H groups in total. The maximum atomic E-state index is 5.25. The van der Waals surface area contributed by atoms with Gasteiger partial charge in [-0.15, -0.1) is 0 Å². The van der Waals surface area contributed by atoms with Gasteiger partial charge in [0.1, 0.15) is 0 Å². The highest BCUT2D eigenvalue weighted by Crippen LogP contribution is 2.56. The summed E-state index contributed by atoms with van der Waals surface area (Å²) in [5.41, 5.74) is 24.6. The zero-order chi connectivity index (χ0) is 90.4. The minimum atomic E-state index is -0.157. The van der Waals surface area contributed by atoms with Crippen molar-refractivity contribution < 1.29 is 0 Å². The number of rotatable bonds is 9. The Labute approximate surface area is 782 Å². The first kappa shape index (κ1) is 80.1. The van der Waals surface area contributed by atoms with E-state index in [1.807, 2.05) is 18.2 Å². The molecule has 9 nitrogen and oxygen atoms in total. The number of hydrogen-bond donors (Lipinski definition) is 0. The van der Waals surface area contributed by atoms with Crippen LogP contribution in [0.25, 0.3) is 233 Å². The van der Waals surface area contributed by atoms with Gasteiger partial charge in [0, 0.05) is 66.3 Å². The lowest BCUT2D eigenvalue weighted by molar-refractivity contribution is 0.666. The molecule has 21 aromatic carbocycles. The molecule has 636 valence electrons. The molecule has 9 heteroatoms. The lowest BCUT2D eigenvalue weighted by atomic mass is 9.79. The molecule has 0 atom stereocenters. The number of benzene rings is 21. The highest BCUT2D eigenvalue weighted by molar-refractivity contribution is 6.14. The zero-order valence-electron chi connectivity index (χ0n) is 75.4. The molecule has 24 aromatic rings. The van der Waals surface area contributed by atoms with Gasteiger partial charge < -0.3 is 0 Å². The van der Waals surface area contributed by atoms with Crippen LogP contribution in [0, 0.1) is 0 Å². The van der Waals surface area contributed by atoms with Gasteiger partial charge in [0.2, 0.25) is 0 Å². The molecule has 3 aromatic heterocycles. The number of hydrogen-bond acceptors (Lipinski definition) is 9. The van der Waals surface area contributed by atoms with Crippen LogP contribution in [0.15, 0.2) is 419 Å². The fourth-order valence-electron chi connectivity index (χ4n) is 22.0. The predicted octanol–water partition coefficient (Wildman–Crippen LogP) is 31.9. The van der Waals surface area contributed by atoms with Gasteiger partial charge in [-0.1, -0.05) is 436 Å². The maximum Gasteiger partial charge on any atom is 0.164 e. The summed E-state index contributed by atoms with van der Waals surface area (Å²) in [4.78, 5) is 46.5. The van der Waals surface area contributed by atoms with Gasteiger partial charge in [-0.3, -0.25) is 0 Å². The number of fused-ring (bicyclic) bond motifs is 22. The summed E-state index contributed by atoms with van der Waals surface area (Å²) < 4.78 is 0. The second-order valence-electron chi connectivity index (χ2n) is 37.4. The second kappa shape index (κ2) is 31.7. The monoisotopic (exact) mass is 1730 g/mol. The van der Waals surface area contributed by atoms with Crippen LogP contribution in [0.5, 0.6) is 0 Å². The highest BCUT2D eigenvalue weighted by atomic mass is 15.1. The van der Waals surface area contributed by atoms with E-state index in [9.17, 15) is 0 Å². The van der Waals surface area contributed by atoms with Crippen LogP contribution >= 0.6 is 0 Å². The molecule has 3 aliphatic carbocycles. The first-order valence-electron chi connectivity index (χ1n) is 46.4. The third-order valence-electron chi connectivity index (χ3n) is 28.4. The lowest BCUT2D eigenvalue weighted by Crippen LogP contribution is -2.16. The normalized spacial score (nSPS) is 13.3. The predicted molar refractivity (Wildman–Crippen MR) is 559 cm³/mol. The van der Waals surface area contributed by atoms with E-state index in [-0.39, 0.29) is 16.2 Å². The van der Waals surface area contributed by atoms with Crippen molar-refractivity contribution in [2.75, 3.05) is 0 Å². The van der Waals surface area contributed by atoms with E-state index in [4.69, 9.17) is 44.9 Å². The molecule has 3 heterocycles. The summed E-state index contributed by atoms with van der Waals surface area (Å²) in [7, 11) is 0. The van der Waals surface area contributed by atoms with Gasteiger partial charge in [0.05, 0.1) is 0 Å². The summed E-state index contributed by atoms with van der Waals surface area (Å²) in [6.45, 7) is 14.0. The van der Waals surface area contributed by atoms with Gasteiger partial charge in [0.25, 0.3) is 0 Å². The van der Waals surface area contributed by atoms with Gasteiger partial charge in [0.15, 0.2) is 52.4 Å². The molecule has 0 bridgehead atoms. The van der Waals surface area contributed by atoms with E-state index >= 15 is 0 Å². The maximum absolute atomic E-state index is 5.25.